The molecule has 334 valence electrons. The average molecular weight is 934 g/mol. The summed E-state index contributed by atoms with van der Waals surface area (Å²) >= 11 is 0. The average Bonchev–Trinajstić information content (AvgIpc) is 3.24. The van der Waals surface area contributed by atoms with Crippen LogP contribution in [-0.2, 0) is 16.6 Å². The highest BCUT2D eigenvalue weighted by Crippen LogP contribution is 2.31. The van der Waals surface area contributed by atoms with Crippen molar-refractivity contribution in [3.8, 4) is 0 Å². The van der Waals surface area contributed by atoms with E-state index in [1.165, 1.54) is 0 Å². The number of ketones is 1. The van der Waals surface area contributed by atoms with E-state index in [-0.39, 0.29) is 29.9 Å². The molecule has 0 fully saturated rings. The molecule has 62 heavy (non-hydrogen) atoms. The minimum Gasteiger partial charge on any atom is -0.391 e. The largest absolute Gasteiger partial charge is 0.391 e. The molecule has 2 N–H and O–H groups in total. The lowest BCUT2D eigenvalue weighted by molar-refractivity contribution is 0.101. The Bertz CT molecular complexity index is 2200. The summed E-state index contributed by atoms with van der Waals surface area (Å²) < 4.78 is 294. The van der Waals surface area contributed by atoms with Crippen LogP contribution in [0.4, 0.5) is 87.8 Å². The zero-order chi connectivity index (χ0) is 47.0. The van der Waals surface area contributed by atoms with Crippen LogP contribution in [0, 0.1) is 116 Å². The zero-order valence-corrected chi connectivity index (χ0v) is 31.0. The van der Waals surface area contributed by atoms with Crippen molar-refractivity contribution < 1.29 is 103 Å². The van der Waals surface area contributed by atoms with Crippen LogP contribution in [0.5, 0.6) is 0 Å². The molecule has 0 amide bonds. The maximum Gasteiger partial charge on any atom is 0.200 e. The third kappa shape index (κ3) is 8.08. The van der Waals surface area contributed by atoms with Crippen molar-refractivity contribution >= 4 is 44.7 Å². The predicted molar refractivity (Wildman–Crippen MR) is 181 cm³/mol. The smallest absolute Gasteiger partial charge is 0.200 e. The highest BCUT2D eigenvalue weighted by atomic mass is 32.2. The molecule has 25 heteroatoms. The normalized spacial score (nSPS) is 11.7. The van der Waals surface area contributed by atoms with Crippen LogP contribution in [0.3, 0.4) is 0 Å². The van der Waals surface area contributed by atoms with Gasteiger partial charge in [-0.15, -0.1) is 21.9 Å². The Balaban J connectivity index is 0.000000416. The molecule has 0 bridgehead atoms. The molecule has 0 atom stereocenters. The van der Waals surface area contributed by atoms with Crippen molar-refractivity contribution in [3.05, 3.63) is 152 Å². The van der Waals surface area contributed by atoms with Gasteiger partial charge in [-0.25, -0.2) is 87.8 Å². The van der Waals surface area contributed by atoms with Crippen molar-refractivity contribution in [2.45, 2.75) is 12.7 Å². The Hall–Kier alpha value is -5.30. The summed E-state index contributed by atoms with van der Waals surface area (Å²) in [6.45, 7) is 1.83. The number of benzene rings is 5. The van der Waals surface area contributed by atoms with E-state index < -0.39 is 144 Å². The van der Waals surface area contributed by atoms with Crippen molar-refractivity contribution in [1.29, 1.82) is 0 Å². The summed E-state index contributed by atoms with van der Waals surface area (Å²) in [5.74, 6) is -69.2. The van der Waals surface area contributed by atoms with E-state index in [0.29, 0.717) is 11.5 Å². The Morgan fingerprint density at radius 2 is 0.645 bits per heavy atom. The van der Waals surface area contributed by atoms with Crippen molar-refractivity contribution in [2.24, 2.45) is 0 Å². The van der Waals surface area contributed by atoms with Gasteiger partial charge < -0.3 is 10.2 Å². The van der Waals surface area contributed by atoms with Gasteiger partial charge in [0.2, 0.25) is 0 Å². The SMILES string of the molecule is CC(=O)c1ccccc1C[S+](CCO)CCO.Fc1c(F)c(F)c([B-](c2c(F)c(F)c(F)c(F)c2F)(c2c(F)c(F)c(F)c(F)c2F)c2c(F)c(F)c(F)c(F)c2F)c(F)c1F. The van der Waals surface area contributed by atoms with Gasteiger partial charge in [0.05, 0.1) is 13.2 Å². The van der Waals surface area contributed by atoms with Gasteiger partial charge in [-0.2, -0.15) is 0 Å². The van der Waals surface area contributed by atoms with Crippen LogP contribution in [0.2, 0.25) is 0 Å². The molecule has 0 aromatic heterocycles. The molecule has 3 nitrogen and oxygen atoms in total. The lowest BCUT2D eigenvalue weighted by atomic mass is 9.12. The first-order valence-corrected chi connectivity index (χ1v) is 18.3. The van der Waals surface area contributed by atoms with Gasteiger partial charge in [-0.1, -0.05) is 24.3 Å². The highest BCUT2D eigenvalue weighted by molar-refractivity contribution is 7.96. The fourth-order valence-corrected chi connectivity index (χ4v) is 8.29. The standard InChI is InChI=1S/C24BF20.C13H19O3S/c26-5-1(6(27)14(35)21(42)13(5)34)25(2-7(28)15(36)22(43)16(37)8(2)29,3-9(30)17(38)23(44)18(39)10(3)31)4-11(32)19(40)24(45)20(41)12(4)33;1-11(16)13-5-3-2-4-12(13)10-17(8-6-14)9-7-15/h;2-5,14-15H,6-10H2,1H3/q-1;+1. The molecular formula is C37H19BF20O3S. The molecule has 0 unspecified atom stereocenters. The van der Waals surface area contributed by atoms with E-state index in [2.05, 4.69) is 0 Å². The lowest BCUT2D eigenvalue weighted by Crippen LogP contribution is -2.81. The lowest BCUT2D eigenvalue weighted by Gasteiger charge is -2.44. The van der Waals surface area contributed by atoms with E-state index in [4.69, 9.17) is 10.2 Å². The molecule has 5 aromatic rings. The van der Waals surface area contributed by atoms with Crippen LogP contribution in [-0.4, -0.2) is 46.9 Å². The number of aliphatic hydroxyl groups is 2. The highest BCUT2D eigenvalue weighted by Gasteiger charge is 2.52. The van der Waals surface area contributed by atoms with Gasteiger partial charge in [0, 0.05) is 11.1 Å². The summed E-state index contributed by atoms with van der Waals surface area (Å²) in [5, 5.41) is 18.0. The fourth-order valence-electron chi connectivity index (χ4n) is 6.59. The van der Waals surface area contributed by atoms with E-state index in [0.717, 1.165) is 16.9 Å². The van der Waals surface area contributed by atoms with Crippen molar-refractivity contribution in [2.75, 3.05) is 24.7 Å². The summed E-state index contributed by atoms with van der Waals surface area (Å²) in [7, 11) is -0.0545. The van der Waals surface area contributed by atoms with Gasteiger partial charge in [-0.05, 0) is 17.8 Å². The zero-order valence-electron chi connectivity index (χ0n) is 30.2. The molecule has 0 spiro atoms. The van der Waals surface area contributed by atoms with Crippen molar-refractivity contribution in [1.82, 2.24) is 0 Å². The number of Topliss-reactive ketones (excluding diaryl/α,β-unsaturated/α-hetero) is 1. The summed E-state index contributed by atoms with van der Waals surface area (Å²) in [5.41, 5.74) is -12.6. The fraction of sp³-hybridized carbons (Fsp3) is 0.162. The second-order valence-corrected chi connectivity index (χ2v) is 15.0. The van der Waals surface area contributed by atoms with Crippen LogP contribution in [0.1, 0.15) is 22.8 Å². The van der Waals surface area contributed by atoms with Gasteiger partial charge >= 0.3 is 0 Å². The second-order valence-electron chi connectivity index (χ2n) is 12.6. The minimum absolute atomic E-state index is 0.0545. The number of carbonyl (C=O) groups is 1. The van der Waals surface area contributed by atoms with E-state index in [1.807, 2.05) is 24.3 Å². The van der Waals surface area contributed by atoms with Gasteiger partial charge in [0.15, 0.2) is 75.6 Å². The van der Waals surface area contributed by atoms with Gasteiger partial charge in [0.1, 0.15) is 69.9 Å². The van der Waals surface area contributed by atoms with Crippen LogP contribution in [0.15, 0.2) is 24.3 Å². The molecule has 5 rings (SSSR count). The maximum atomic E-state index is 15.4. The first-order chi connectivity index (χ1) is 28.9. The monoisotopic (exact) mass is 934 g/mol. The summed E-state index contributed by atoms with van der Waals surface area (Å²) in [4.78, 5) is 11.5. The van der Waals surface area contributed by atoms with Crippen LogP contribution >= 0.6 is 0 Å². The molecule has 5 aromatic carbocycles. The Morgan fingerprint density at radius 1 is 0.419 bits per heavy atom. The third-order valence-electron chi connectivity index (χ3n) is 9.22. The number of hydrogen-bond acceptors (Lipinski definition) is 3. The van der Waals surface area contributed by atoms with E-state index in [9.17, 15) is 57.5 Å². The molecule has 0 aliphatic carbocycles. The summed E-state index contributed by atoms with van der Waals surface area (Å²) in [6, 6.07) is 7.56. The molecule has 0 saturated carbocycles. The summed E-state index contributed by atoms with van der Waals surface area (Å²) in [6.07, 6.45) is -7.22. The van der Waals surface area contributed by atoms with Gasteiger partial charge in [0.25, 0.3) is 0 Å². The topological polar surface area (TPSA) is 57.5 Å². The first-order valence-electron chi connectivity index (χ1n) is 16.6. The number of hydrogen-bond donors (Lipinski definition) is 2. The Labute approximate surface area is 336 Å². The molecule has 0 aliphatic heterocycles. The van der Waals surface area contributed by atoms with Crippen LogP contribution < -0.4 is 21.9 Å². The second kappa shape index (κ2) is 19.0. The number of aliphatic hydroxyl groups excluding tert-OH is 2. The van der Waals surface area contributed by atoms with Gasteiger partial charge in [-0.3, -0.25) is 4.79 Å². The first kappa shape index (κ1) is 49.4. The van der Waals surface area contributed by atoms with E-state index in [1.54, 1.807) is 6.92 Å². The predicted octanol–water partition coefficient (Wildman–Crippen LogP) is 6.84. The maximum absolute atomic E-state index is 15.4. The number of carbonyl (C=O) groups excluding carboxylic acids is 1. The Kier molecular flexibility index (Phi) is 15.1. The molecular weight excluding hydrogens is 915 g/mol. The molecule has 0 heterocycles. The quantitative estimate of drug-likeness (QED) is 0.0382. The number of halogens is 20. The van der Waals surface area contributed by atoms with Crippen LogP contribution in [0.25, 0.3) is 0 Å². The molecule has 0 aliphatic rings. The number of rotatable bonds is 11. The molecule has 0 radical (unpaired) electrons. The molecule has 0 saturated heterocycles. The van der Waals surface area contributed by atoms with E-state index >= 15 is 35.1 Å². The minimum atomic E-state index is -7.22. The third-order valence-corrected chi connectivity index (χ3v) is 11.5. The van der Waals surface area contributed by atoms with Crippen molar-refractivity contribution in [3.63, 3.8) is 0 Å². The Morgan fingerprint density at radius 3 is 0.871 bits per heavy atom.